The van der Waals surface area contributed by atoms with E-state index in [0.717, 1.165) is 59.8 Å². The summed E-state index contributed by atoms with van der Waals surface area (Å²) < 4.78 is 0. The first kappa shape index (κ1) is 46.6. The van der Waals surface area contributed by atoms with Crippen LogP contribution >= 0.6 is 0 Å². The Balaban J connectivity index is 0.733. The van der Waals surface area contributed by atoms with Gasteiger partial charge in [-0.05, 0) is 211 Å². The van der Waals surface area contributed by atoms with Gasteiger partial charge in [0.15, 0.2) is 0 Å². The van der Waals surface area contributed by atoms with Gasteiger partial charge in [-0.2, -0.15) is 0 Å². The number of hydrogen-bond acceptors (Lipinski definition) is 2. The minimum absolute atomic E-state index is 0.294. The maximum atomic E-state index is 2.52. The highest BCUT2D eigenvalue weighted by Gasteiger charge is 2.46. The second-order valence-electron chi connectivity index (χ2n) is 22.7. The summed E-state index contributed by atoms with van der Waals surface area (Å²) in [6.45, 7) is 0. The van der Waals surface area contributed by atoms with Crippen LogP contribution in [-0.4, -0.2) is 0 Å². The van der Waals surface area contributed by atoms with Gasteiger partial charge in [-0.15, -0.1) is 0 Å². The van der Waals surface area contributed by atoms with Crippen molar-refractivity contribution in [2.24, 2.45) is 0 Å². The van der Waals surface area contributed by atoms with Crippen LogP contribution in [0.3, 0.4) is 0 Å². The number of benzene rings is 12. The Labute approximate surface area is 469 Å². The summed E-state index contributed by atoms with van der Waals surface area (Å²) >= 11 is 0. The van der Waals surface area contributed by atoms with Crippen molar-refractivity contribution in [2.45, 2.75) is 49.4 Å². The van der Waals surface area contributed by atoms with E-state index in [2.05, 4.69) is 289 Å². The van der Waals surface area contributed by atoms with Gasteiger partial charge in [-0.1, -0.05) is 206 Å². The van der Waals surface area contributed by atoms with Crippen LogP contribution in [0.1, 0.15) is 66.8 Å². The van der Waals surface area contributed by atoms with Gasteiger partial charge in [0, 0.05) is 34.1 Å². The zero-order valence-corrected chi connectivity index (χ0v) is 44.7. The molecule has 0 spiro atoms. The molecule has 0 aromatic heterocycles. The van der Waals surface area contributed by atoms with Gasteiger partial charge in [-0.25, -0.2) is 0 Å². The predicted molar refractivity (Wildman–Crippen MR) is 332 cm³/mol. The van der Waals surface area contributed by atoms with Crippen molar-refractivity contribution >= 4 is 44.9 Å². The van der Waals surface area contributed by atoms with Gasteiger partial charge in [0.1, 0.15) is 0 Å². The van der Waals surface area contributed by atoms with E-state index < -0.39 is 0 Å². The average molecular weight is 1020 g/mol. The van der Waals surface area contributed by atoms with Gasteiger partial charge in [0.25, 0.3) is 0 Å². The molecular formula is C78H58N2. The van der Waals surface area contributed by atoms with Crippen LogP contribution in [0.2, 0.25) is 0 Å². The van der Waals surface area contributed by atoms with E-state index in [-0.39, 0.29) is 10.8 Å². The number of anilines is 6. The van der Waals surface area contributed by atoms with Crippen molar-refractivity contribution in [1.29, 1.82) is 0 Å². The third-order valence-electron chi connectivity index (χ3n) is 18.5. The summed E-state index contributed by atoms with van der Waals surface area (Å²) in [7, 11) is 0. The topological polar surface area (TPSA) is 6.48 Å². The standard InChI is InChI=1S/C78H58N2/c1-3-15-63(16-4-1)79(65-41-27-53(28-42-65)51-77(61-39-35-55-31-33-57(55)47-61)73-23-11-7-19-69(73)70-20-8-12-24-74(70)77)67-45-37-60-50-68(46-38-59(60)49-67)80(64-17-5-2-6-18-64)66-43-29-54(30-44-66)52-78(62-40-36-56-32-34-58(56)48-62)75-25-13-9-21-71(75)72-22-10-14-26-76(72)78/h1-30,35-50H,31-34,51-52H2. The fourth-order valence-electron chi connectivity index (χ4n) is 14.5. The van der Waals surface area contributed by atoms with Crippen molar-refractivity contribution in [2.75, 3.05) is 9.80 Å². The minimum atomic E-state index is -0.294. The molecule has 0 atom stereocenters. The lowest BCUT2D eigenvalue weighted by atomic mass is 9.67. The molecule has 0 saturated carbocycles. The second kappa shape index (κ2) is 18.6. The van der Waals surface area contributed by atoms with E-state index >= 15 is 0 Å². The van der Waals surface area contributed by atoms with Crippen molar-refractivity contribution in [1.82, 2.24) is 0 Å². The molecule has 380 valence electrons. The first-order valence-electron chi connectivity index (χ1n) is 28.6. The molecular weight excluding hydrogens is 965 g/mol. The molecule has 0 unspecified atom stereocenters. The van der Waals surface area contributed by atoms with E-state index in [9.17, 15) is 0 Å². The summed E-state index contributed by atoms with van der Waals surface area (Å²) in [5, 5.41) is 2.37. The van der Waals surface area contributed by atoms with Crippen LogP contribution < -0.4 is 9.80 Å². The molecule has 0 heterocycles. The molecule has 2 heteroatoms. The Hall–Kier alpha value is -9.50. The summed E-state index contributed by atoms with van der Waals surface area (Å²) in [4.78, 5) is 4.80. The van der Waals surface area contributed by atoms with Crippen molar-refractivity contribution in [3.05, 3.63) is 346 Å². The Bertz CT molecular complexity index is 3990. The minimum Gasteiger partial charge on any atom is -0.310 e. The Kier molecular flexibility index (Phi) is 10.8. The SMILES string of the molecule is c1ccc(N(c2ccc(CC3(c4ccc5c(c4)CC5)c4ccccc4-c4ccccc43)cc2)c2ccc3cc(N(c4ccccc4)c4ccc(CC5(c6ccc7c(c6)CC7)c6ccccc6-c6ccccc65)cc4)ccc3c2)cc1. The highest BCUT2D eigenvalue weighted by Crippen LogP contribution is 2.57. The molecule has 0 radical (unpaired) electrons. The lowest BCUT2D eigenvalue weighted by Gasteiger charge is -2.35. The summed E-state index contributed by atoms with van der Waals surface area (Å²) in [6.07, 6.45) is 6.42. The van der Waals surface area contributed by atoms with Crippen LogP contribution in [0, 0.1) is 0 Å². The van der Waals surface area contributed by atoms with E-state index in [1.807, 2.05) is 0 Å². The smallest absolute Gasteiger partial charge is 0.0503 e. The fourth-order valence-corrected chi connectivity index (χ4v) is 14.5. The molecule has 0 aliphatic heterocycles. The van der Waals surface area contributed by atoms with Crippen molar-refractivity contribution in [3.63, 3.8) is 0 Å². The zero-order valence-electron chi connectivity index (χ0n) is 44.7. The van der Waals surface area contributed by atoms with E-state index in [1.54, 1.807) is 0 Å². The number of para-hydroxylation sites is 2. The highest BCUT2D eigenvalue weighted by molar-refractivity contribution is 5.94. The van der Waals surface area contributed by atoms with E-state index in [4.69, 9.17) is 0 Å². The van der Waals surface area contributed by atoms with E-state index in [0.29, 0.717) is 0 Å². The molecule has 12 aromatic rings. The van der Waals surface area contributed by atoms with Crippen molar-refractivity contribution in [3.8, 4) is 22.3 Å². The summed E-state index contributed by atoms with van der Waals surface area (Å²) in [6, 6.07) is 105. The largest absolute Gasteiger partial charge is 0.310 e. The van der Waals surface area contributed by atoms with Gasteiger partial charge in [-0.3, -0.25) is 0 Å². The summed E-state index contributed by atoms with van der Waals surface area (Å²) in [5.74, 6) is 0. The maximum absolute atomic E-state index is 2.52. The number of nitrogens with zero attached hydrogens (tertiary/aromatic N) is 2. The lowest BCUT2D eigenvalue weighted by molar-refractivity contribution is 0.625. The molecule has 0 fully saturated rings. The lowest BCUT2D eigenvalue weighted by Crippen LogP contribution is -2.30. The number of aryl methyl sites for hydroxylation is 4. The molecule has 4 aliphatic carbocycles. The third kappa shape index (κ3) is 7.32. The van der Waals surface area contributed by atoms with Gasteiger partial charge in [0.05, 0.1) is 10.8 Å². The molecule has 0 amide bonds. The van der Waals surface area contributed by atoms with Gasteiger partial charge in [0.2, 0.25) is 0 Å². The molecule has 16 rings (SSSR count). The Morgan fingerprint density at radius 1 is 0.250 bits per heavy atom. The molecule has 80 heavy (non-hydrogen) atoms. The van der Waals surface area contributed by atoms with Gasteiger partial charge >= 0.3 is 0 Å². The molecule has 0 saturated heterocycles. The molecule has 0 N–H and O–H groups in total. The molecule has 2 nitrogen and oxygen atoms in total. The average Bonchev–Trinajstić information content (AvgIpc) is 4.11. The summed E-state index contributed by atoms with van der Waals surface area (Å²) in [5.41, 5.74) is 28.5. The first-order valence-corrected chi connectivity index (χ1v) is 28.6. The number of fused-ring (bicyclic) bond motifs is 9. The Morgan fingerprint density at radius 2 is 0.562 bits per heavy atom. The predicted octanol–water partition coefficient (Wildman–Crippen LogP) is 19.1. The zero-order chi connectivity index (χ0) is 52.8. The first-order chi connectivity index (χ1) is 39.6. The van der Waals surface area contributed by atoms with Crippen LogP contribution in [0.4, 0.5) is 34.1 Å². The van der Waals surface area contributed by atoms with Gasteiger partial charge < -0.3 is 9.80 Å². The third-order valence-corrected chi connectivity index (χ3v) is 18.5. The fraction of sp³-hybridized carbons (Fsp3) is 0.103. The second-order valence-corrected chi connectivity index (χ2v) is 22.7. The molecule has 12 aromatic carbocycles. The monoisotopic (exact) mass is 1020 g/mol. The molecule has 0 bridgehead atoms. The van der Waals surface area contributed by atoms with Crippen LogP contribution in [0.5, 0.6) is 0 Å². The van der Waals surface area contributed by atoms with Crippen LogP contribution in [-0.2, 0) is 49.4 Å². The normalized spacial score (nSPS) is 14.3. The number of rotatable bonds is 12. The van der Waals surface area contributed by atoms with Crippen LogP contribution in [0.15, 0.2) is 279 Å². The maximum Gasteiger partial charge on any atom is 0.0503 e. The molecule has 4 aliphatic rings. The Morgan fingerprint density at radius 3 is 0.900 bits per heavy atom. The highest BCUT2D eigenvalue weighted by atomic mass is 15.1. The van der Waals surface area contributed by atoms with Crippen LogP contribution in [0.25, 0.3) is 33.0 Å². The van der Waals surface area contributed by atoms with Crippen molar-refractivity contribution < 1.29 is 0 Å². The quantitative estimate of drug-likeness (QED) is 0.120. The number of hydrogen-bond donors (Lipinski definition) is 0. The van der Waals surface area contributed by atoms with E-state index in [1.165, 1.54) is 113 Å².